The van der Waals surface area contributed by atoms with Crippen LogP contribution in [0.1, 0.15) is 11.7 Å². The number of rotatable bonds is 7. The Morgan fingerprint density at radius 2 is 2.24 bits per heavy atom. The molecule has 1 unspecified atom stereocenters. The van der Waals surface area contributed by atoms with Crippen LogP contribution in [-0.4, -0.2) is 33.7 Å². The van der Waals surface area contributed by atoms with Crippen LogP contribution < -0.4 is 4.74 Å². The summed E-state index contributed by atoms with van der Waals surface area (Å²) in [6.07, 6.45) is 0.236. The fourth-order valence-corrected chi connectivity index (χ4v) is 1.74. The summed E-state index contributed by atoms with van der Waals surface area (Å²) in [5.41, 5.74) is 1.14. The van der Waals surface area contributed by atoms with E-state index in [2.05, 4.69) is 15.9 Å². The molecule has 17 heavy (non-hydrogen) atoms. The van der Waals surface area contributed by atoms with Gasteiger partial charge in [-0.15, -0.1) is 0 Å². The van der Waals surface area contributed by atoms with Crippen LogP contribution in [0.25, 0.3) is 0 Å². The minimum absolute atomic E-state index is 0.219. The van der Waals surface area contributed by atoms with Gasteiger partial charge in [0, 0.05) is 7.11 Å². The Morgan fingerprint density at radius 1 is 1.41 bits per heavy atom. The predicted octanol–water partition coefficient (Wildman–Crippen LogP) is 2.52. The molecule has 0 bridgehead atoms. The highest BCUT2D eigenvalue weighted by Crippen LogP contribution is 2.35. The van der Waals surface area contributed by atoms with Crippen molar-refractivity contribution in [1.82, 2.24) is 0 Å². The molecule has 1 heterocycles. The Hall–Kier alpha value is -0.620. The summed E-state index contributed by atoms with van der Waals surface area (Å²) in [6.45, 7) is 2.11. The lowest BCUT2D eigenvalue weighted by Crippen LogP contribution is -2.08. The average Bonchev–Trinajstić information content (AvgIpc) is 3.15. The van der Waals surface area contributed by atoms with E-state index in [1.54, 1.807) is 7.11 Å². The number of halogens is 1. The molecule has 1 aromatic carbocycles. The minimum atomic E-state index is 0.219. The van der Waals surface area contributed by atoms with Crippen LogP contribution in [0.5, 0.6) is 5.75 Å². The molecule has 1 fully saturated rings. The molecule has 1 aromatic rings. The van der Waals surface area contributed by atoms with E-state index < -0.39 is 0 Å². The molecule has 0 aliphatic carbocycles. The SMILES string of the molecule is COCCOCOc1cc(C2CO2)ccc1Br. The Labute approximate surface area is 109 Å². The van der Waals surface area contributed by atoms with Gasteiger partial charge in [-0.05, 0) is 33.6 Å². The van der Waals surface area contributed by atoms with Gasteiger partial charge in [-0.2, -0.15) is 0 Å². The number of ether oxygens (including phenoxy) is 4. The van der Waals surface area contributed by atoms with E-state index in [-0.39, 0.29) is 12.9 Å². The van der Waals surface area contributed by atoms with Gasteiger partial charge in [0.1, 0.15) is 11.9 Å². The van der Waals surface area contributed by atoms with Gasteiger partial charge in [0.15, 0.2) is 6.79 Å². The first-order valence-electron chi connectivity index (χ1n) is 5.42. The second-order valence-electron chi connectivity index (χ2n) is 3.68. The highest BCUT2D eigenvalue weighted by molar-refractivity contribution is 9.10. The molecular formula is C12H15BrO4. The zero-order chi connectivity index (χ0) is 12.1. The number of benzene rings is 1. The molecule has 1 aliphatic heterocycles. The summed E-state index contributed by atoms with van der Waals surface area (Å²) in [6, 6.07) is 5.96. The Kier molecular flexibility index (Phi) is 4.79. The zero-order valence-corrected chi connectivity index (χ0v) is 11.2. The maximum absolute atomic E-state index is 5.52. The van der Waals surface area contributed by atoms with Crippen molar-refractivity contribution in [2.45, 2.75) is 6.10 Å². The van der Waals surface area contributed by atoms with Gasteiger partial charge < -0.3 is 18.9 Å². The second-order valence-corrected chi connectivity index (χ2v) is 4.53. The van der Waals surface area contributed by atoms with Gasteiger partial charge in [-0.3, -0.25) is 0 Å². The van der Waals surface area contributed by atoms with E-state index in [0.29, 0.717) is 13.2 Å². The van der Waals surface area contributed by atoms with Crippen LogP contribution in [0.2, 0.25) is 0 Å². The van der Waals surface area contributed by atoms with Crippen molar-refractivity contribution in [3.63, 3.8) is 0 Å². The van der Waals surface area contributed by atoms with Crippen LogP contribution in [0, 0.1) is 0 Å². The zero-order valence-electron chi connectivity index (χ0n) is 9.65. The number of methoxy groups -OCH3 is 1. The summed E-state index contributed by atoms with van der Waals surface area (Å²) >= 11 is 3.44. The third kappa shape index (κ3) is 3.96. The Morgan fingerprint density at radius 3 is 2.94 bits per heavy atom. The summed E-state index contributed by atoms with van der Waals surface area (Å²) < 4.78 is 21.8. The van der Waals surface area contributed by atoms with Crippen LogP contribution >= 0.6 is 15.9 Å². The van der Waals surface area contributed by atoms with Gasteiger partial charge in [-0.1, -0.05) is 6.07 Å². The minimum Gasteiger partial charge on any atom is -0.466 e. The summed E-state index contributed by atoms with van der Waals surface area (Å²) in [4.78, 5) is 0. The fourth-order valence-electron chi connectivity index (χ4n) is 1.38. The Balaban J connectivity index is 1.83. The van der Waals surface area contributed by atoms with Gasteiger partial charge in [-0.25, -0.2) is 0 Å². The lowest BCUT2D eigenvalue weighted by atomic mass is 10.1. The molecular weight excluding hydrogens is 288 g/mol. The Bertz CT molecular complexity index is 366. The standard InChI is InChI=1S/C12H15BrO4/c1-14-4-5-15-8-17-11-6-9(12-7-16-12)2-3-10(11)13/h2-3,6,12H,4-5,7-8H2,1H3. The van der Waals surface area contributed by atoms with Gasteiger partial charge in [0.05, 0.1) is 24.3 Å². The van der Waals surface area contributed by atoms with E-state index in [9.17, 15) is 0 Å². The largest absolute Gasteiger partial charge is 0.466 e. The van der Waals surface area contributed by atoms with E-state index in [1.165, 1.54) is 0 Å². The van der Waals surface area contributed by atoms with Crippen molar-refractivity contribution in [2.24, 2.45) is 0 Å². The third-order valence-electron chi connectivity index (χ3n) is 2.39. The first-order valence-corrected chi connectivity index (χ1v) is 6.21. The van der Waals surface area contributed by atoms with Crippen LogP contribution in [0.3, 0.4) is 0 Å². The fraction of sp³-hybridized carbons (Fsp3) is 0.500. The molecule has 2 rings (SSSR count). The molecule has 0 N–H and O–H groups in total. The van der Waals surface area contributed by atoms with Gasteiger partial charge in [0.2, 0.25) is 0 Å². The van der Waals surface area contributed by atoms with Crippen molar-refractivity contribution >= 4 is 15.9 Å². The summed E-state index contributed by atoms with van der Waals surface area (Å²) in [7, 11) is 1.64. The second kappa shape index (κ2) is 6.35. The quantitative estimate of drug-likeness (QED) is 0.441. The lowest BCUT2D eigenvalue weighted by Gasteiger charge is -2.09. The molecule has 1 saturated heterocycles. The van der Waals surface area contributed by atoms with Gasteiger partial charge in [0.25, 0.3) is 0 Å². The molecule has 0 amide bonds. The monoisotopic (exact) mass is 302 g/mol. The number of epoxide rings is 1. The van der Waals surface area contributed by atoms with Crippen molar-refractivity contribution in [2.75, 3.05) is 33.7 Å². The van der Waals surface area contributed by atoms with Crippen LogP contribution in [-0.2, 0) is 14.2 Å². The van der Waals surface area contributed by atoms with Crippen molar-refractivity contribution in [1.29, 1.82) is 0 Å². The first kappa shape index (κ1) is 12.8. The van der Waals surface area contributed by atoms with E-state index in [4.69, 9.17) is 18.9 Å². The molecule has 0 spiro atoms. The maximum atomic E-state index is 5.52. The van der Waals surface area contributed by atoms with E-state index >= 15 is 0 Å². The smallest absolute Gasteiger partial charge is 0.189 e. The summed E-state index contributed by atoms with van der Waals surface area (Å²) in [5, 5.41) is 0. The first-order chi connectivity index (χ1) is 8.31. The number of hydrogen-bond acceptors (Lipinski definition) is 4. The lowest BCUT2D eigenvalue weighted by molar-refractivity contribution is -0.00883. The topological polar surface area (TPSA) is 40.2 Å². The molecule has 94 valence electrons. The van der Waals surface area contributed by atoms with E-state index in [1.807, 2.05) is 18.2 Å². The summed E-state index contributed by atoms with van der Waals surface area (Å²) in [5.74, 6) is 0.774. The normalized spacial score (nSPS) is 18.1. The maximum Gasteiger partial charge on any atom is 0.189 e. The van der Waals surface area contributed by atoms with E-state index in [0.717, 1.165) is 22.4 Å². The van der Waals surface area contributed by atoms with Crippen molar-refractivity contribution in [3.8, 4) is 5.75 Å². The number of hydrogen-bond donors (Lipinski definition) is 0. The highest BCUT2D eigenvalue weighted by Gasteiger charge is 2.25. The predicted molar refractivity (Wildman–Crippen MR) is 66.2 cm³/mol. The molecule has 1 atom stereocenters. The van der Waals surface area contributed by atoms with Crippen molar-refractivity contribution in [3.05, 3.63) is 28.2 Å². The molecule has 5 heteroatoms. The highest BCUT2D eigenvalue weighted by atomic mass is 79.9. The molecule has 0 radical (unpaired) electrons. The molecule has 4 nitrogen and oxygen atoms in total. The molecule has 0 saturated carbocycles. The average molecular weight is 303 g/mol. The molecule has 1 aliphatic rings. The van der Waals surface area contributed by atoms with Crippen LogP contribution in [0.15, 0.2) is 22.7 Å². The van der Waals surface area contributed by atoms with Crippen LogP contribution in [0.4, 0.5) is 0 Å². The third-order valence-corrected chi connectivity index (χ3v) is 3.05. The van der Waals surface area contributed by atoms with Crippen molar-refractivity contribution < 1.29 is 18.9 Å². The van der Waals surface area contributed by atoms with Gasteiger partial charge >= 0.3 is 0 Å². The molecule has 0 aromatic heterocycles.